The van der Waals surface area contributed by atoms with Crippen molar-refractivity contribution in [2.45, 2.75) is 12.1 Å². The highest BCUT2D eigenvalue weighted by atomic mass is 16.6. The standard InChI is InChI=1S/C19H23N3O3/c1-22(19(23)21-13-16-14-24-11-12-25-16)18(15-7-3-2-4-8-15)17-9-5-6-10-20-17/h2-10,16,18H,11-14H2,1H3,(H,21,23)/t16-,18+/m1/s1. The van der Waals surface area contributed by atoms with Crippen molar-refractivity contribution in [1.82, 2.24) is 15.2 Å². The first-order valence-corrected chi connectivity index (χ1v) is 8.41. The van der Waals surface area contributed by atoms with E-state index in [9.17, 15) is 4.79 Å². The molecule has 1 aromatic carbocycles. The zero-order valence-electron chi connectivity index (χ0n) is 14.3. The number of carbonyl (C=O) groups excluding carboxylic acids is 1. The third-order valence-electron chi connectivity index (χ3n) is 4.16. The van der Waals surface area contributed by atoms with Crippen molar-refractivity contribution in [3.63, 3.8) is 0 Å². The maximum atomic E-state index is 12.7. The van der Waals surface area contributed by atoms with Gasteiger partial charge in [0.05, 0.1) is 31.6 Å². The number of urea groups is 1. The van der Waals surface area contributed by atoms with Crippen LogP contribution in [0, 0.1) is 0 Å². The van der Waals surface area contributed by atoms with E-state index >= 15 is 0 Å². The first kappa shape index (κ1) is 17.4. The summed E-state index contributed by atoms with van der Waals surface area (Å²) < 4.78 is 10.9. The molecule has 0 aliphatic carbocycles. The summed E-state index contributed by atoms with van der Waals surface area (Å²) in [5.74, 6) is 0. The van der Waals surface area contributed by atoms with Crippen LogP contribution in [0.15, 0.2) is 54.7 Å². The molecule has 0 unspecified atom stereocenters. The first-order valence-electron chi connectivity index (χ1n) is 8.41. The number of benzene rings is 1. The highest BCUT2D eigenvalue weighted by Gasteiger charge is 2.25. The molecule has 1 aliphatic rings. The van der Waals surface area contributed by atoms with E-state index in [1.165, 1.54) is 0 Å². The minimum absolute atomic E-state index is 0.101. The summed E-state index contributed by atoms with van der Waals surface area (Å²) in [6.45, 7) is 2.11. The molecule has 6 heteroatoms. The quantitative estimate of drug-likeness (QED) is 0.906. The number of rotatable bonds is 5. The second-order valence-electron chi connectivity index (χ2n) is 5.93. The molecule has 2 amide bonds. The molecule has 6 nitrogen and oxygen atoms in total. The van der Waals surface area contributed by atoms with Crippen LogP contribution < -0.4 is 5.32 Å². The van der Waals surface area contributed by atoms with Crippen molar-refractivity contribution >= 4 is 6.03 Å². The Morgan fingerprint density at radius 2 is 2.04 bits per heavy atom. The molecule has 2 aromatic rings. The van der Waals surface area contributed by atoms with E-state index < -0.39 is 0 Å². The van der Waals surface area contributed by atoms with Crippen LogP contribution in [-0.2, 0) is 9.47 Å². The third kappa shape index (κ3) is 4.55. The van der Waals surface area contributed by atoms with E-state index in [0.717, 1.165) is 11.3 Å². The molecule has 2 heterocycles. The maximum Gasteiger partial charge on any atom is 0.318 e. The van der Waals surface area contributed by atoms with E-state index in [-0.39, 0.29) is 18.2 Å². The van der Waals surface area contributed by atoms with Crippen LogP contribution in [-0.4, -0.2) is 55.4 Å². The Morgan fingerprint density at radius 3 is 2.72 bits per heavy atom. The SMILES string of the molecule is CN(C(=O)NC[C@@H]1COCCO1)[C@@H](c1ccccc1)c1ccccn1. The predicted molar refractivity (Wildman–Crippen MR) is 94.2 cm³/mol. The number of amides is 2. The van der Waals surface area contributed by atoms with Crippen molar-refractivity contribution < 1.29 is 14.3 Å². The molecule has 0 bridgehead atoms. The van der Waals surface area contributed by atoms with Crippen molar-refractivity contribution in [3.8, 4) is 0 Å². The maximum absolute atomic E-state index is 12.7. The summed E-state index contributed by atoms with van der Waals surface area (Å²) >= 11 is 0. The van der Waals surface area contributed by atoms with Crippen LogP contribution in [0.3, 0.4) is 0 Å². The fourth-order valence-electron chi connectivity index (χ4n) is 2.86. The van der Waals surface area contributed by atoms with Crippen LogP contribution in [0.1, 0.15) is 17.3 Å². The molecule has 0 spiro atoms. The van der Waals surface area contributed by atoms with Gasteiger partial charge < -0.3 is 19.7 Å². The largest absolute Gasteiger partial charge is 0.376 e. The zero-order chi connectivity index (χ0) is 17.5. The zero-order valence-corrected chi connectivity index (χ0v) is 14.3. The lowest BCUT2D eigenvalue weighted by Gasteiger charge is -2.30. The third-order valence-corrected chi connectivity index (χ3v) is 4.16. The number of aromatic nitrogens is 1. The van der Waals surface area contributed by atoms with Gasteiger partial charge in [0.15, 0.2) is 0 Å². The predicted octanol–water partition coefficient (Wildman–Crippen LogP) is 2.23. The van der Waals surface area contributed by atoms with Gasteiger partial charge in [0, 0.05) is 19.8 Å². The summed E-state index contributed by atoms with van der Waals surface area (Å²) in [6.07, 6.45) is 1.64. The van der Waals surface area contributed by atoms with Crippen molar-refractivity contribution in [2.75, 3.05) is 33.4 Å². The number of hydrogen-bond donors (Lipinski definition) is 1. The molecule has 2 atom stereocenters. The Kier molecular flexibility index (Phi) is 5.98. The fraction of sp³-hybridized carbons (Fsp3) is 0.368. The lowest BCUT2D eigenvalue weighted by atomic mass is 10.0. The summed E-state index contributed by atoms with van der Waals surface area (Å²) in [4.78, 5) is 18.8. The molecular formula is C19H23N3O3. The van der Waals surface area contributed by atoms with Gasteiger partial charge in [-0.05, 0) is 17.7 Å². The monoisotopic (exact) mass is 341 g/mol. The van der Waals surface area contributed by atoms with Gasteiger partial charge in [-0.25, -0.2) is 4.79 Å². The Morgan fingerprint density at radius 1 is 1.24 bits per heavy atom. The Balaban J connectivity index is 1.72. The van der Waals surface area contributed by atoms with E-state index in [1.807, 2.05) is 48.5 Å². The molecular weight excluding hydrogens is 318 g/mol. The second-order valence-corrected chi connectivity index (χ2v) is 5.93. The molecule has 1 saturated heterocycles. The van der Waals surface area contributed by atoms with Crippen molar-refractivity contribution in [3.05, 3.63) is 66.0 Å². The number of hydrogen-bond acceptors (Lipinski definition) is 4. The van der Waals surface area contributed by atoms with E-state index in [2.05, 4.69) is 10.3 Å². The highest BCUT2D eigenvalue weighted by molar-refractivity contribution is 5.75. The number of pyridine rings is 1. The summed E-state index contributed by atoms with van der Waals surface area (Å²) in [7, 11) is 1.78. The highest BCUT2D eigenvalue weighted by Crippen LogP contribution is 2.25. The number of nitrogens with one attached hydrogen (secondary N) is 1. The van der Waals surface area contributed by atoms with Gasteiger partial charge in [-0.2, -0.15) is 0 Å². The van der Waals surface area contributed by atoms with Crippen molar-refractivity contribution in [1.29, 1.82) is 0 Å². The van der Waals surface area contributed by atoms with E-state index in [4.69, 9.17) is 9.47 Å². The molecule has 1 fully saturated rings. The summed E-state index contributed by atoms with van der Waals surface area (Å²) in [5.41, 5.74) is 1.83. The molecule has 132 valence electrons. The van der Waals surface area contributed by atoms with Gasteiger partial charge in [-0.1, -0.05) is 36.4 Å². The Hall–Kier alpha value is -2.44. The first-order chi connectivity index (χ1) is 12.3. The minimum Gasteiger partial charge on any atom is -0.376 e. The number of carbonyl (C=O) groups is 1. The summed E-state index contributed by atoms with van der Waals surface area (Å²) in [6, 6.07) is 15.2. The van der Waals surface area contributed by atoms with Crippen LogP contribution in [0.2, 0.25) is 0 Å². The molecule has 1 N–H and O–H groups in total. The second kappa shape index (κ2) is 8.60. The summed E-state index contributed by atoms with van der Waals surface area (Å²) in [5, 5.41) is 2.93. The minimum atomic E-state index is -0.258. The molecule has 0 saturated carbocycles. The fourth-order valence-corrected chi connectivity index (χ4v) is 2.86. The number of nitrogens with zero attached hydrogens (tertiary/aromatic N) is 2. The van der Waals surface area contributed by atoms with E-state index in [0.29, 0.717) is 26.4 Å². The van der Waals surface area contributed by atoms with Crippen LogP contribution >= 0.6 is 0 Å². The van der Waals surface area contributed by atoms with Gasteiger partial charge in [-0.3, -0.25) is 4.98 Å². The average molecular weight is 341 g/mol. The van der Waals surface area contributed by atoms with Gasteiger partial charge in [0.2, 0.25) is 0 Å². The Labute approximate surface area is 147 Å². The molecule has 25 heavy (non-hydrogen) atoms. The van der Waals surface area contributed by atoms with Gasteiger partial charge in [0.25, 0.3) is 0 Å². The molecule has 0 radical (unpaired) electrons. The van der Waals surface area contributed by atoms with Gasteiger partial charge in [0.1, 0.15) is 6.04 Å². The van der Waals surface area contributed by atoms with Gasteiger partial charge >= 0.3 is 6.03 Å². The molecule has 1 aliphatic heterocycles. The number of ether oxygens (including phenoxy) is 2. The normalized spacial score (nSPS) is 18.4. The van der Waals surface area contributed by atoms with E-state index in [1.54, 1.807) is 18.1 Å². The van der Waals surface area contributed by atoms with Crippen LogP contribution in [0.25, 0.3) is 0 Å². The lowest BCUT2D eigenvalue weighted by molar-refractivity contribution is -0.0856. The molecule has 3 rings (SSSR count). The van der Waals surface area contributed by atoms with Crippen LogP contribution in [0.4, 0.5) is 4.79 Å². The average Bonchev–Trinajstić information content (AvgIpc) is 2.69. The smallest absolute Gasteiger partial charge is 0.318 e. The lowest BCUT2D eigenvalue weighted by Crippen LogP contribution is -2.45. The molecule has 1 aromatic heterocycles. The van der Waals surface area contributed by atoms with Gasteiger partial charge in [-0.15, -0.1) is 0 Å². The Bertz CT molecular complexity index is 621. The van der Waals surface area contributed by atoms with Crippen LogP contribution in [0.5, 0.6) is 0 Å². The van der Waals surface area contributed by atoms with Crippen molar-refractivity contribution in [2.24, 2.45) is 0 Å². The topological polar surface area (TPSA) is 63.7 Å².